The lowest BCUT2D eigenvalue weighted by molar-refractivity contribution is 0.103. The fourth-order valence-electron chi connectivity index (χ4n) is 3.90. The highest BCUT2D eigenvalue weighted by molar-refractivity contribution is 7.86. The van der Waals surface area contributed by atoms with Gasteiger partial charge in [-0.15, -0.1) is 11.3 Å². The van der Waals surface area contributed by atoms with Crippen molar-refractivity contribution in [2.75, 3.05) is 28.0 Å². The van der Waals surface area contributed by atoms with E-state index >= 15 is 0 Å². The van der Waals surface area contributed by atoms with Crippen molar-refractivity contribution in [1.29, 1.82) is 0 Å². The fourth-order valence-corrected chi connectivity index (χ4v) is 6.00. The number of benzene rings is 2. The highest BCUT2D eigenvalue weighted by Gasteiger charge is 2.23. The van der Waals surface area contributed by atoms with Crippen LogP contribution in [0.1, 0.15) is 33.6 Å². The molecule has 9 heteroatoms. The topological polar surface area (TPSA) is 61.4 Å². The first kappa shape index (κ1) is 22.8. The molecule has 0 aliphatic carbocycles. The first-order valence-corrected chi connectivity index (χ1v) is 12.6. The van der Waals surface area contributed by atoms with E-state index in [1.54, 1.807) is 11.4 Å². The molecule has 32 heavy (non-hydrogen) atoms. The van der Waals surface area contributed by atoms with Crippen molar-refractivity contribution in [2.24, 2.45) is 0 Å². The molecule has 0 spiro atoms. The van der Waals surface area contributed by atoms with Gasteiger partial charge < -0.3 is 10.2 Å². The van der Waals surface area contributed by atoms with Crippen molar-refractivity contribution in [2.45, 2.75) is 31.6 Å². The van der Waals surface area contributed by atoms with Gasteiger partial charge in [0.25, 0.3) is 5.91 Å². The molecule has 2 heterocycles. The number of hydrogen-bond donors (Lipinski definition) is 2. The average Bonchev–Trinajstić information content (AvgIpc) is 3.44. The molecule has 1 atom stereocenters. The van der Waals surface area contributed by atoms with E-state index in [1.165, 1.54) is 35.6 Å². The van der Waals surface area contributed by atoms with Gasteiger partial charge in [0.1, 0.15) is 21.7 Å². The predicted octanol–water partition coefficient (Wildman–Crippen LogP) is 6.14. The smallest absolute Gasteiger partial charge is 0.267 e. The van der Waals surface area contributed by atoms with Crippen LogP contribution in [0.2, 0.25) is 5.02 Å². The van der Waals surface area contributed by atoms with Crippen molar-refractivity contribution in [3.05, 3.63) is 68.6 Å². The summed E-state index contributed by atoms with van der Waals surface area (Å²) in [5.41, 5.74) is 3.97. The number of carbonyl (C=O) groups excluding carboxylic acids is 1. The lowest BCUT2D eigenvalue weighted by atomic mass is 10.1. The molecule has 4 rings (SSSR count). The van der Waals surface area contributed by atoms with Crippen LogP contribution in [0, 0.1) is 19.7 Å². The van der Waals surface area contributed by atoms with E-state index in [0.717, 1.165) is 48.4 Å². The highest BCUT2D eigenvalue weighted by atomic mass is 35.5. The molecule has 1 saturated heterocycles. The molecule has 1 aliphatic heterocycles. The molecule has 1 fully saturated rings. The maximum Gasteiger partial charge on any atom is 0.267 e. The molecule has 2 N–H and O–H groups in total. The quantitative estimate of drug-likeness (QED) is 0.435. The molecular formula is C23H23ClFN3O2S2. The number of rotatable bonds is 6. The van der Waals surface area contributed by atoms with Crippen molar-refractivity contribution in [3.8, 4) is 0 Å². The van der Waals surface area contributed by atoms with Crippen LogP contribution >= 0.6 is 22.9 Å². The van der Waals surface area contributed by atoms with Crippen LogP contribution in [0.25, 0.3) is 0 Å². The second kappa shape index (κ2) is 9.60. The normalized spacial score (nSPS) is 14.4. The second-order valence-corrected chi connectivity index (χ2v) is 10.2. The van der Waals surface area contributed by atoms with E-state index in [-0.39, 0.29) is 5.91 Å². The molecule has 0 radical (unpaired) electrons. The zero-order chi connectivity index (χ0) is 22.8. The summed E-state index contributed by atoms with van der Waals surface area (Å²) < 4.78 is 28.6. The Morgan fingerprint density at radius 2 is 1.84 bits per heavy atom. The van der Waals surface area contributed by atoms with Gasteiger partial charge >= 0.3 is 0 Å². The zero-order valence-electron chi connectivity index (χ0n) is 17.7. The van der Waals surface area contributed by atoms with Crippen LogP contribution in [0.3, 0.4) is 0 Å². The maximum absolute atomic E-state index is 13.1. The summed E-state index contributed by atoms with van der Waals surface area (Å²) in [5.74, 6) is -0.692. The Hall–Kier alpha value is -2.42. The number of thiophene rings is 1. The molecule has 168 valence electrons. The van der Waals surface area contributed by atoms with E-state index in [1.807, 2.05) is 19.9 Å². The van der Waals surface area contributed by atoms with Gasteiger partial charge in [0.2, 0.25) is 0 Å². The van der Waals surface area contributed by atoms with E-state index in [4.69, 9.17) is 11.6 Å². The number of nitrogens with zero attached hydrogens (tertiary/aromatic N) is 1. The maximum atomic E-state index is 13.1. The minimum Gasteiger partial charge on any atom is -0.370 e. The van der Waals surface area contributed by atoms with Crippen molar-refractivity contribution in [3.63, 3.8) is 0 Å². The molecule has 1 aliphatic rings. The highest BCUT2D eigenvalue weighted by Crippen LogP contribution is 2.39. The summed E-state index contributed by atoms with van der Waals surface area (Å²) in [6.45, 7) is 5.79. The Bertz CT molecular complexity index is 1170. The average molecular weight is 492 g/mol. The lowest BCUT2D eigenvalue weighted by Crippen LogP contribution is -2.21. The summed E-state index contributed by atoms with van der Waals surface area (Å²) in [5, 5.41) is 5.48. The van der Waals surface area contributed by atoms with E-state index in [9.17, 15) is 13.4 Å². The predicted molar refractivity (Wildman–Crippen MR) is 131 cm³/mol. The summed E-state index contributed by atoms with van der Waals surface area (Å²) in [4.78, 5) is 16.2. The van der Waals surface area contributed by atoms with Gasteiger partial charge in [0.15, 0.2) is 0 Å². The van der Waals surface area contributed by atoms with Gasteiger partial charge in [-0.3, -0.25) is 9.52 Å². The summed E-state index contributed by atoms with van der Waals surface area (Å²) in [6.07, 6.45) is 2.25. The minimum absolute atomic E-state index is 0.292. The van der Waals surface area contributed by atoms with Gasteiger partial charge in [-0.1, -0.05) is 11.6 Å². The van der Waals surface area contributed by atoms with Gasteiger partial charge in [-0.2, -0.15) is 0 Å². The van der Waals surface area contributed by atoms with Gasteiger partial charge in [0, 0.05) is 18.8 Å². The third kappa shape index (κ3) is 4.67. The number of halogens is 2. The SMILES string of the molecule is Cc1cc(Cl)c(N2CCCC2)c(C)c1NC(=O)c1sccc1NS(=O)c1ccc(F)cc1. The number of carbonyl (C=O) groups is 1. The summed E-state index contributed by atoms with van der Waals surface area (Å²) >= 11 is 7.81. The molecule has 1 unspecified atom stereocenters. The first-order valence-electron chi connectivity index (χ1n) is 10.2. The monoisotopic (exact) mass is 491 g/mol. The van der Waals surface area contributed by atoms with Crippen LogP contribution in [0.5, 0.6) is 0 Å². The Kier molecular flexibility index (Phi) is 6.83. The van der Waals surface area contributed by atoms with Gasteiger partial charge in [0.05, 0.1) is 21.3 Å². The van der Waals surface area contributed by atoms with Crippen LogP contribution in [0.4, 0.5) is 21.5 Å². The Morgan fingerprint density at radius 3 is 2.53 bits per heavy atom. The number of nitrogens with one attached hydrogen (secondary N) is 2. The van der Waals surface area contributed by atoms with Gasteiger partial charge in [-0.05, 0) is 79.6 Å². The Morgan fingerprint density at radius 1 is 1.16 bits per heavy atom. The van der Waals surface area contributed by atoms with Crippen molar-refractivity contribution < 1.29 is 13.4 Å². The fraction of sp³-hybridized carbons (Fsp3) is 0.261. The van der Waals surface area contributed by atoms with Gasteiger partial charge in [-0.25, -0.2) is 8.60 Å². The molecule has 1 amide bonds. The number of amides is 1. The largest absolute Gasteiger partial charge is 0.370 e. The molecule has 1 aromatic heterocycles. The molecule has 3 aromatic rings. The van der Waals surface area contributed by atoms with Crippen LogP contribution in [0.15, 0.2) is 46.7 Å². The van der Waals surface area contributed by atoms with Crippen molar-refractivity contribution >= 4 is 56.9 Å². The third-order valence-corrected chi connectivity index (χ3v) is 7.76. The van der Waals surface area contributed by atoms with E-state index in [2.05, 4.69) is 14.9 Å². The summed E-state index contributed by atoms with van der Waals surface area (Å²) in [7, 11) is -1.63. The number of hydrogen-bond acceptors (Lipinski definition) is 4. The van der Waals surface area contributed by atoms with Crippen LogP contribution in [-0.4, -0.2) is 23.2 Å². The molecule has 2 aromatic carbocycles. The summed E-state index contributed by atoms with van der Waals surface area (Å²) in [6, 6.07) is 8.99. The van der Waals surface area contributed by atoms with E-state index < -0.39 is 16.8 Å². The standard InChI is InChI=1S/C23H23ClFN3O2S2/c1-14-13-18(24)21(28-10-3-4-11-28)15(2)20(14)26-23(29)22-19(9-12-31-22)27-32(30)17-7-5-16(25)6-8-17/h5-9,12-13,27H,3-4,10-11H2,1-2H3,(H,26,29). The third-order valence-electron chi connectivity index (χ3n) is 5.46. The number of aryl methyl sites for hydroxylation is 1. The molecular weight excluding hydrogens is 469 g/mol. The molecule has 5 nitrogen and oxygen atoms in total. The molecule has 0 saturated carbocycles. The van der Waals surface area contributed by atoms with Crippen LogP contribution < -0.4 is 14.9 Å². The van der Waals surface area contributed by atoms with E-state index in [0.29, 0.717) is 20.5 Å². The second-order valence-electron chi connectivity index (χ2n) is 7.66. The Balaban J connectivity index is 1.57. The zero-order valence-corrected chi connectivity index (χ0v) is 20.1. The lowest BCUT2D eigenvalue weighted by Gasteiger charge is -2.25. The van der Waals surface area contributed by atoms with Crippen molar-refractivity contribution in [1.82, 2.24) is 0 Å². The minimum atomic E-state index is -1.63. The first-order chi connectivity index (χ1) is 15.3. The Labute approximate surface area is 198 Å². The van der Waals surface area contributed by atoms with Crippen LogP contribution in [-0.2, 0) is 11.0 Å². The molecule has 0 bridgehead atoms. The number of anilines is 3.